The van der Waals surface area contributed by atoms with Gasteiger partial charge in [0.05, 0.1) is 0 Å². The second-order valence-electron chi connectivity index (χ2n) is 3.04. The molecule has 0 radical (unpaired) electrons. The SMILES string of the molecule is CN(C)c1ccc(C#CCCCl)cn1. The van der Waals surface area contributed by atoms with Crippen LogP contribution in [0.5, 0.6) is 0 Å². The van der Waals surface area contributed by atoms with Gasteiger partial charge in [-0.2, -0.15) is 0 Å². The maximum Gasteiger partial charge on any atom is 0.128 e. The van der Waals surface area contributed by atoms with Gasteiger partial charge >= 0.3 is 0 Å². The molecule has 0 amide bonds. The quantitative estimate of drug-likeness (QED) is 0.547. The van der Waals surface area contributed by atoms with Gasteiger partial charge in [-0.15, -0.1) is 11.6 Å². The predicted molar refractivity (Wildman–Crippen MR) is 60.8 cm³/mol. The average Bonchev–Trinajstić information content (AvgIpc) is 2.19. The van der Waals surface area contributed by atoms with E-state index in [0.717, 1.165) is 17.8 Å². The third kappa shape index (κ3) is 3.27. The zero-order valence-electron chi connectivity index (χ0n) is 8.42. The van der Waals surface area contributed by atoms with E-state index in [1.54, 1.807) is 6.20 Å². The van der Waals surface area contributed by atoms with E-state index < -0.39 is 0 Å². The zero-order valence-corrected chi connectivity index (χ0v) is 9.17. The molecular weight excluding hydrogens is 196 g/mol. The third-order valence-electron chi connectivity index (χ3n) is 1.66. The molecule has 74 valence electrons. The van der Waals surface area contributed by atoms with E-state index in [9.17, 15) is 0 Å². The van der Waals surface area contributed by atoms with Crippen molar-refractivity contribution in [2.24, 2.45) is 0 Å². The van der Waals surface area contributed by atoms with Crippen molar-refractivity contribution < 1.29 is 0 Å². The summed E-state index contributed by atoms with van der Waals surface area (Å²) in [5.41, 5.74) is 0.931. The Bertz CT molecular complexity index is 333. The first-order chi connectivity index (χ1) is 6.74. The largest absolute Gasteiger partial charge is 0.363 e. The van der Waals surface area contributed by atoms with Crippen LogP contribution >= 0.6 is 11.6 Å². The molecule has 0 aliphatic heterocycles. The van der Waals surface area contributed by atoms with E-state index in [1.165, 1.54) is 0 Å². The average molecular weight is 209 g/mol. The second kappa shape index (κ2) is 5.51. The van der Waals surface area contributed by atoms with E-state index in [1.807, 2.05) is 31.1 Å². The van der Waals surface area contributed by atoms with Crippen LogP contribution in [0, 0.1) is 11.8 Å². The molecular formula is C11H13ClN2. The smallest absolute Gasteiger partial charge is 0.128 e. The van der Waals surface area contributed by atoms with E-state index in [0.29, 0.717) is 5.88 Å². The molecule has 0 unspecified atom stereocenters. The molecule has 1 rings (SSSR count). The third-order valence-corrected chi connectivity index (χ3v) is 1.85. The molecule has 0 atom stereocenters. The lowest BCUT2D eigenvalue weighted by atomic mass is 10.3. The van der Waals surface area contributed by atoms with Gasteiger partial charge in [0.1, 0.15) is 5.82 Å². The Morgan fingerprint density at radius 3 is 2.71 bits per heavy atom. The van der Waals surface area contributed by atoms with Crippen LogP contribution in [0.3, 0.4) is 0 Å². The zero-order chi connectivity index (χ0) is 10.4. The van der Waals surface area contributed by atoms with Crippen LogP contribution in [-0.2, 0) is 0 Å². The highest BCUT2D eigenvalue weighted by Crippen LogP contribution is 2.06. The lowest BCUT2D eigenvalue weighted by Gasteiger charge is -2.09. The van der Waals surface area contributed by atoms with Crippen molar-refractivity contribution in [2.45, 2.75) is 6.42 Å². The highest BCUT2D eigenvalue weighted by molar-refractivity contribution is 6.18. The minimum Gasteiger partial charge on any atom is -0.363 e. The number of halogens is 1. The van der Waals surface area contributed by atoms with Crippen LogP contribution in [0.15, 0.2) is 18.3 Å². The Hall–Kier alpha value is -1.20. The molecule has 1 aromatic rings. The normalized spacial score (nSPS) is 9.07. The van der Waals surface area contributed by atoms with Gasteiger partial charge in [0, 0.05) is 38.2 Å². The minimum atomic E-state index is 0.580. The molecule has 0 aliphatic carbocycles. The summed E-state index contributed by atoms with van der Waals surface area (Å²) in [5.74, 6) is 7.48. The van der Waals surface area contributed by atoms with E-state index in [2.05, 4.69) is 16.8 Å². The summed E-state index contributed by atoms with van der Waals surface area (Å²) >= 11 is 5.51. The summed E-state index contributed by atoms with van der Waals surface area (Å²) in [4.78, 5) is 6.20. The summed E-state index contributed by atoms with van der Waals surface area (Å²) in [6.07, 6.45) is 2.49. The number of pyridine rings is 1. The second-order valence-corrected chi connectivity index (χ2v) is 3.42. The van der Waals surface area contributed by atoms with Crippen molar-refractivity contribution in [3.05, 3.63) is 23.9 Å². The fraction of sp³-hybridized carbons (Fsp3) is 0.364. The number of hydrogen-bond donors (Lipinski definition) is 0. The van der Waals surface area contributed by atoms with Crippen LogP contribution in [0.25, 0.3) is 0 Å². The maximum absolute atomic E-state index is 5.51. The van der Waals surface area contributed by atoms with Gasteiger partial charge < -0.3 is 4.90 Å². The maximum atomic E-state index is 5.51. The molecule has 2 nitrogen and oxygen atoms in total. The number of hydrogen-bond acceptors (Lipinski definition) is 2. The van der Waals surface area contributed by atoms with Crippen LogP contribution in [0.4, 0.5) is 5.82 Å². The Balaban J connectivity index is 2.70. The van der Waals surface area contributed by atoms with Crippen molar-refractivity contribution >= 4 is 17.4 Å². The molecule has 0 aliphatic rings. The topological polar surface area (TPSA) is 16.1 Å². The van der Waals surface area contributed by atoms with Crippen LogP contribution in [-0.4, -0.2) is 25.0 Å². The van der Waals surface area contributed by atoms with Crippen molar-refractivity contribution in [1.82, 2.24) is 4.98 Å². The molecule has 3 heteroatoms. The van der Waals surface area contributed by atoms with Gasteiger partial charge in [-0.25, -0.2) is 4.98 Å². The highest BCUT2D eigenvalue weighted by Gasteiger charge is 1.94. The predicted octanol–water partition coefficient (Wildman–Crippen LogP) is 2.13. The molecule has 0 N–H and O–H groups in total. The summed E-state index contributed by atoms with van der Waals surface area (Å²) in [7, 11) is 3.92. The summed E-state index contributed by atoms with van der Waals surface area (Å²) in [6, 6.07) is 3.91. The van der Waals surface area contributed by atoms with Gasteiger partial charge in [-0.05, 0) is 12.1 Å². The van der Waals surface area contributed by atoms with Gasteiger partial charge in [0.15, 0.2) is 0 Å². The molecule has 0 saturated carbocycles. The molecule has 1 heterocycles. The number of aromatic nitrogens is 1. The fourth-order valence-corrected chi connectivity index (χ4v) is 1.03. The first kappa shape index (κ1) is 10.9. The highest BCUT2D eigenvalue weighted by atomic mass is 35.5. The summed E-state index contributed by atoms with van der Waals surface area (Å²) < 4.78 is 0. The standard InChI is InChI=1S/C11H13ClN2/c1-14(2)11-7-6-10(9-13-11)5-3-4-8-12/h6-7,9H,4,8H2,1-2H3. The van der Waals surface area contributed by atoms with Crippen LogP contribution in [0.2, 0.25) is 0 Å². The molecule has 0 spiro atoms. The first-order valence-electron chi connectivity index (χ1n) is 4.42. The molecule has 0 saturated heterocycles. The molecule has 0 bridgehead atoms. The van der Waals surface area contributed by atoms with Gasteiger partial charge in [0.2, 0.25) is 0 Å². The molecule has 0 aromatic carbocycles. The van der Waals surface area contributed by atoms with Gasteiger partial charge in [-0.1, -0.05) is 11.8 Å². The van der Waals surface area contributed by atoms with E-state index in [4.69, 9.17) is 11.6 Å². The Labute approximate surface area is 89.9 Å². The Kier molecular flexibility index (Phi) is 4.28. The Morgan fingerprint density at radius 1 is 1.43 bits per heavy atom. The van der Waals surface area contributed by atoms with Crippen LogP contribution in [0.1, 0.15) is 12.0 Å². The molecule has 0 fully saturated rings. The molecule has 14 heavy (non-hydrogen) atoms. The Morgan fingerprint density at radius 2 is 2.21 bits per heavy atom. The van der Waals surface area contributed by atoms with E-state index in [-0.39, 0.29) is 0 Å². The first-order valence-corrected chi connectivity index (χ1v) is 4.95. The summed E-state index contributed by atoms with van der Waals surface area (Å²) in [5, 5.41) is 0. The lowest BCUT2D eigenvalue weighted by Crippen LogP contribution is -2.10. The monoisotopic (exact) mass is 208 g/mol. The van der Waals surface area contributed by atoms with Gasteiger partial charge in [0.25, 0.3) is 0 Å². The lowest BCUT2D eigenvalue weighted by molar-refractivity contribution is 1.07. The number of anilines is 1. The van der Waals surface area contributed by atoms with Crippen molar-refractivity contribution in [1.29, 1.82) is 0 Å². The van der Waals surface area contributed by atoms with E-state index >= 15 is 0 Å². The van der Waals surface area contributed by atoms with Crippen molar-refractivity contribution in [3.63, 3.8) is 0 Å². The van der Waals surface area contributed by atoms with Crippen LogP contribution < -0.4 is 4.90 Å². The fourth-order valence-electron chi connectivity index (χ4n) is 0.936. The van der Waals surface area contributed by atoms with Crippen molar-refractivity contribution in [2.75, 3.05) is 24.9 Å². The number of alkyl halides is 1. The minimum absolute atomic E-state index is 0.580. The molecule has 1 aromatic heterocycles. The number of rotatable bonds is 2. The van der Waals surface area contributed by atoms with Gasteiger partial charge in [-0.3, -0.25) is 0 Å². The number of nitrogens with zero attached hydrogens (tertiary/aromatic N) is 2. The summed E-state index contributed by atoms with van der Waals surface area (Å²) in [6.45, 7) is 0. The van der Waals surface area contributed by atoms with Crippen molar-refractivity contribution in [3.8, 4) is 11.8 Å².